The third-order valence-corrected chi connectivity index (χ3v) is 9.20. The summed E-state index contributed by atoms with van der Waals surface area (Å²) in [7, 11) is 0. The monoisotopic (exact) mass is 431 g/mol. The van der Waals surface area contributed by atoms with Crippen LogP contribution in [0.3, 0.4) is 0 Å². The summed E-state index contributed by atoms with van der Waals surface area (Å²) in [5.41, 5.74) is 2.21. The molecule has 0 aromatic rings. The van der Waals surface area contributed by atoms with E-state index < -0.39 is 24.7 Å². The molecule has 0 amide bonds. The van der Waals surface area contributed by atoms with E-state index in [1.807, 2.05) is 0 Å². The fraction of sp³-hybridized carbons (Fsp3) is 0.786. The molecule has 0 saturated heterocycles. The van der Waals surface area contributed by atoms with E-state index >= 15 is 0 Å². The second kappa shape index (κ2) is 8.47. The van der Waals surface area contributed by atoms with Crippen molar-refractivity contribution in [3.8, 4) is 0 Å². The minimum Gasteiger partial charge on any atom is -0.393 e. The second-order valence-electron chi connectivity index (χ2n) is 11.6. The van der Waals surface area contributed by atoms with Crippen LogP contribution in [0.25, 0.3) is 0 Å². The van der Waals surface area contributed by atoms with Crippen LogP contribution in [-0.2, 0) is 0 Å². The maximum atomic E-state index is 10.4. The van der Waals surface area contributed by atoms with Crippen molar-refractivity contribution in [1.82, 2.24) is 0 Å². The zero-order valence-electron chi connectivity index (χ0n) is 22.5. The highest BCUT2D eigenvalue weighted by atomic mass is 16.3. The highest BCUT2D eigenvalue weighted by molar-refractivity contribution is 5.38. The summed E-state index contributed by atoms with van der Waals surface area (Å²) >= 11 is 0. The Kier molecular flexibility index (Phi) is 5.34. The van der Waals surface area contributed by atoms with E-state index in [0.29, 0.717) is 36.5 Å². The molecule has 4 saturated carbocycles. The number of hydrogen-bond acceptors (Lipinski definition) is 3. The number of allylic oxidation sites excluding steroid dienone is 3. The van der Waals surface area contributed by atoms with Gasteiger partial charge in [0.2, 0.25) is 0 Å². The molecule has 3 N–H and O–H groups in total. The number of aliphatic hydroxyl groups is 3. The molecule has 31 heavy (non-hydrogen) atoms. The smallest absolute Gasteiger partial charge is 0.0811 e. The van der Waals surface area contributed by atoms with Crippen molar-refractivity contribution in [1.29, 1.82) is 0 Å². The number of hydrogen-bond donors (Lipinski definition) is 3. The molecule has 4 rings (SSSR count). The van der Waals surface area contributed by atoms with Crippen LogP contribution in [-0.4, -0.2) is 33.1 Å². The first kappa shape index (κ1) is 19.6. The van der Waals surface area contributed by atoms with Crippen LogP contribution in [0.1, 0.15) is 102 Å². The Balaban J connectivity index is 1.46. The van der Waals surface area contributed by atoms with Crippen molar-refractivity contribution in [2.75, 3.05) is 0 Å². The van der Waals surface area contributed by atoms with Crippen molar-refractivity contribution >= 4 is 0 Å². The topological polar surface area (TPSA) is 60.7 Å². The molecule has 3 nitrogen and oxygen atoms in total. The molecule has 2 unspecified atom stereocenters. The van der Waals surface area contributed by atoms with Gasteiger partial charge in [-0.25, -0.2) is 0 Å². The zero-order valence-corrected chi connectivity index (χ0v) is 19.5. The van der Waals surface area contributed by atoms with Crippen LogP contribution < -0.4 is 0 Å². The third-order valence-electron chi connectivity index (χ3n) is 9.20. The highest BCUT2D eigenvalue weighted by Gasteiger charge is 2.60. The standard InChI is InChI=1S/C28H44O3/c1-19-21(17-22(29)18-24(19)30)9-8-20-7-5-13-27(4)23(20)10-11-25(27)28(15-16-28)14-6-12-26(2,3)31/h8-9,22-25,29-31H,1,5-7,10-18H2,2-4H3/b20-8+,21-9-/t22-,23?,24+,25+,27+/m1/s1/i2D3/t22-,23?,24+,25+,26?,27+. The molecule has 0 bridgehead atoms. The summed E-state index contributed by atoms with van der Waals surface area (Å²) in [6.07, 6.45) is 14.7. The molecule has 0 aliphatic heterocycles. The van der Waals surface area contributed by atoms with Crippen molar-refractivity contribution in [3.63, 3.8) is 0 Å². The average molecular weight is 432 g/mol. The van der Waals surface area contributed by atoms with Gasteiger partial charge in [-0.1, -0.05) is 37.6 Å². The normalized spacial score (nSPS) is 43.8. The van der Waals surface area contributed by atoms with E-state index in [-0.39, 0.29) is 5.41 Å². The first-order valence-corrected chi connectivity index (χ1v) is 12.5. The Morgan fingerprint density at radius 3 is 2.71 bits per heavy atom. The van der Waals surface area contributed by atoms with Crippen LogP contribution in [0, 0.1) is 22.7 Å². The summed E-state index contributed by atoms with van der Waals surface area (Å²) < 4.78 is 22.8. The molecule has 0 heterocycles. The maximum Gasteiger partial charge on any atom is 0.0811 e. The number of rotatable bonds is 6. The third kappa shape index (κ3) is 4.75. The number of aliphatic hydroxyl groups excluding tert-OH is 2. The highest BCUT2D eigenvalue weighted by Crippen LogP contribution is 2.70. The average Bonchev–Trinajstić information content (AvgIpc) is 3.41. The van der Waals surface area contributed by atoms with Gasteiger partial charge in [-0.3, -0.25) is 0 Å². The van der Waals surface area contributed by atoms with E-state index in [1.54, 1.807) is 0 Å². The summed E-state index contributed by atoms with van der Waals surface area (Å²) in [6, 6.07) is 0. The quantitative estimate of drug-likeness (QED) is 0.494. The molecule has 0 aromatic carbocycles. The summed E-state index contributed by atoms with van der Waals surface area (Å²) in [4.78, 5) is 0. The summed E-state index contributed by atoms with van der Waals surface area (Å²) in [6.45, 7) is 5.67. The molecular weight excluding hydrogens is 384 g/mol. The van der Waals surface area contributed by atoms with Crippen molar-refractivity contribution in [2.45, 2.75) is 116 Å². The van der Waals surface area contributed by atoms with Gasteiger partial charge >= 0.3 is 0 Å². The molecular formula is C28H44O3. The first-order valence-electron chi connectivity index (χ1n) is 14.0. The van der Waals surface area contributed by atoms with Gasteiger partial charge < -0.3 is 15.3 Å². The maximum absolute atomic E-state index is 10.4. The molecule has 6 atom stereocenters. The molecule has 4 fully saturated rings. The molecule has 4 aliphatic rings. The van der Waals surface area contributed by atoms with Crippen LogP contribution in [0.2, 0.25) is 0 Å². The van der Waals surface area contributed by atoms with Gasteiger partial charge in [-0.15, -0.1) is 0 Å². The predicted octanol–water partition coefficient (Wildman–Crippen LogP) is 5.85. The van der Waals surface area contributed by atoms with Gasteiger partial charge in [0.15, 0.2) is 0 Å². The summed E-state index contributed by atoms with van der Waals surface area (Å²) in [5, 5.41) is 30.7. The van der Waals surface area contributed by atoms with Crippen molar-refractivity contribution in [2.24, 2.45) is 22.7 Å². The van der Waals surface area contributed by atoms with E-state index in [2.05, 4.69) is 25.7 Å². The van der Waals surface area contributed by atoms with Gasteiger partial charge in [-0.05, 0) is 112 Å². The Labute approximate surface area is 193 Å². The molecule has 4 aliphatic carbocycles. The van der Waals surface area contributed by atoms with Crippen LogP contribution in [0.5, 0.6) is 0 Å². The summed E-state index contributed by atoms with van der Waals surface area (Å²) in [5.74, 6) is 1.23. The van der Waals surface area contributed by atoms with E-state index in [9.17, 15) is 15.3 Å². The Hall–Kier alpha value is -0.900. The molecule has 0 spiro atoms. The molecule has 0 radical (unpaired) electrons. The fourth-order valence-electron chi connectivity index (χ4n) is 7.43. The predicted molar refractivity (Wildman–Crippen MR) is 127 cm³/mol. The van der Waals surface area contributed by atoms with Crippen molar-refractivity contribution in [3.05, 3.63) is 35.5 Å². The first-order chi connectivity index (χ1) is 15.8. The second-order valence-corrected chi connectivity index (χ2v) is 11.6. The Bertz CT molecular complexity index is 851. The van der Waals surface area contributed by atoms with Crippen molar-refractivity contribution < 1.29 is 19.4 Å². The van der Waals surface area contributed by atoms with Crippen LogP contribution in [0.15, 0.2) is 35.5 Å². The lowest BCUT2D eigenvalue weighted by Gasteiger charge is -2.45. The minimum atomic E-state index is -2.33. The lowest BCUT2D eigenvalue weighted by molar-refractivity contribution is 0.0521. The van der Waals surface area contributed by atoms with Crippen LogP contribution in [0.4, 0.5) is 0 Å². The van der Waals surface area contributed by atoms with Crippen LogP contribution >= 0.6 is 0 Å². The van der Waals surface area contributed by atoms with E-state index in [4.69, 9.17) is 4.11 Å². The van der Waals surface area contributed by atoms with Gasteiger partial charge in [-0.2, -0.15) is 0 Å². The van der Waals surface area contributed by atoms with E-state index in [0.717, 1.165) is 30.4 Å². The lowest BCUT2D eigenvalue weighted by Crippen LogP contribution is -2.37. The fourth-order valence-corrected chi connectivity index (χ4v) is 7.43. The SMILES string of the molecule is [2H]C([2H])([2H])C(C)(O)CCCC1([C@H]2CCC3/C(=C/C=C4/C[C@@H](O)C[C@H](O)C4=C)CCC[C@@]32C)CC1. The number of fused-ring (bicyclic) bond motifs is 1. The van der Waals surface area contributed by atoms with E-state index in [1.165, 1.54) is 51.0 Å². The van der Waals surface area contributed by atoms with Gasteiger partial charge in [0.1, 0.15) is 0 Å². The molecule has 0 aromatic heterocycles. The lowest BCUT2D eigenvalue weighted by atomic mass is 9.59. The molecule has 174 valence electrons. The van der Waals surface area contributed by atoms with Gasteiger partial charge in [0.05, 0.1) is 17.8 Å². The van der Waals surface area contributed by atoms with Gasteiger partial charge in [0.25, 0.3) is 0 Å². The Morgan fingerprint density at radius 1 is 1.23 bits per heavy atom. The zero-order chi connectivity index (χ0) is 24.9. The molecule has 3 heteroatoms. The largest absolute Gasteiger partial charge is 0.393 e. The van der Waals surface area contributed by atoms with Gasteiger partial charge in [0, 0.05) is 10.5 Å². The Morgan fingerprint density at radius 2 is 2.00 bits per heavy atom. The minimum absolute atomic E-state index is 0.272.